The highest BCUT2D eigenvalue weighted by molar-refractivity contribution is 5.61. The Hall–Kier alpha value is -5.62. The van der Waals surface area contributed by atoms with Gasteiger partial charge in [0.05, 0.1) is 0 Å². The van der Waals surface area contributed by atoms with Crippen molar-refractivity contribution in [2.75, 3.05) is 0 Å². The summed E-state index contributed by atoms with van der Waals surface area (Å²) in [4.78, 5) is 0. The predicted octanol–water partition coefficient (Wildman–Crippen LogP) is 6.90. The average Bonchev–Trinajstić information content (AvgIpc) is 2.98. The number of ether oxygens (including phenoxy) is 2. The Bertz CT molecular complexity index is 1600. The van der Waals surface area contributed by atoms with Crippen LogP contribution in [0.15, 0.2) is 146 Å². The van der Waals surface area contributed by atoms with E-state index >= 15 is 0 Å². The number of benzene rings is 4. The third kappa shape index (κ3) is 5.76. The molecule has 4 aromatic carbocycles. The molecule has 0 saturated heterocycles. The van der Waals surface area contributed by atoms with E-state index in [1.807, 2.05) is 82.5 Å². The molecule has 0 amide bonds. The lowest BCUT2D eigenvalue weighted by Gasteiger charge is -2.06. The van der Waals surface area contributed by atoms with Crippen LogP contribution in [0, 0.1) is 0 Å². The van der Waals surface area contributed by atoms with Gasteiger partial charge in [0.25, 0.3) is 0 Å². The van der Waals surface area contributed by atoms with E-state index in [1.54, 1.807) is 48.5 Å². The first-order valence-electron chi connectivity index (χ1n) is 12.8. The molecule has 40 heavy (non-hydrogen) atoms. The molecule has 2 heterocycles. The zero-order valence-corrected chi connectivity index (χ0v) is 21.5. The van der Waals surface area contributed by atoms with E-state index in [-0.39, 0.29) is 11.5 Å². The summed E-state index contributed by atoms with van der Waals surface area (Å²) in [7, 11) is 0. The molecule has 2 N–H and O–H groups in total. The summed E-state index contributed by atoms with van der Waals surface area (Å²) in [5.41, 5.74) is 4.25. The normalized spacial score (nSPS) is 10.7. The van der Waals surface area contributed by atoms with Gasteiger partial charge in [-0.05, 0) is 59.7 Å². The third-order valence-corrected chi connectivity index (χ3v) is 6.37. The van der Waals surface area contributed by atoms with E-state index in [1.165, 1.54) is 0 Å². The van der Waals surface area contributed by atoms with Gasteiger partial charge in [-0.2, -0.15) is 9.13 Å². The highest BCUT2D eigenvalue weighted by Gasteiger charge is 2.11. The fourth-order valence-electron chi connectivity index (χ4n) is 4.32. The predicted molar refractivity (Wildman–Crippen MR) is 151 cm³/mol. The first kappa shape index (κ1) is 24.7. The van der Waals surface area contributed by atoms with Crippen LogP contribution >= 0.6 is 0 Å². The van der Waals surface area contributed by atoms with Crippen molar-refractivity contribution in [3.05, 3.63) is 146 Å². The van der Waals surface area contributed by atoms with Crippen molar-refractivity contribution in [1.29, 1.82) is 0 Å². The lowest BCUT2D eigenvalue weighted by atomic mass is 10.1. The number of hydrogen-bond acceptors (Lipinski definition) is 4. The molecule has 6 nitrogen and oxygen atoms in total. The van der Waals surface area contributed by atoms with Crippen LogP contribution in [0.2, 0.25) is 0 Å². The van der Waals surface area contributed by atoms with Crippen LogP contribution in [-0.4, -0.2) is 10.2 Å². The first-order valence-corrected chi connectivity index (χ1v) is 12.8. The second kappa shape index (κ2) is 11.0. The zero-order valence-electron chi connectivity index (χ0n) is 21.5. The molecule has 6 rings (SSSR count). The molecule has 0 aliphatic heterocycles. The van der Waals surface area contributed by atoms with Gasteiger partial charge in [-0.25, -0.2) is 0 Å². The number of pyridine rings is 2. The number of phenolic OH excluding ortho intramolecular Hbond substituents is 2. The monoisotopic (exact) mass is 526 g/mol. The molecule has 2 aromatic heterocycles. The van der Waals surface area contributed by atoms with Gasteiger partial charge in [-0.1, -0.05) is 12.1 Å². The van der Waals surface area contributed by atoms with Crippen molar-refractivity contribution in [2.45, 2.75) is 0 Å². The van der Waals surface area contributed by atoms with E-state index in [0.29, 0.717) is 23.0 Å². The minimum absolute atomic E-state index is 0.171. The maximum Gasteiger partial charge on any atom is 0.210 e. The Morgan fingerprint density at radius 1 is 0.400 bits per heavy atom. The lowest BCUT2D eigenvalue weighted by Crippen LogP contribution is -2.29. The van der Waals surface area contributed by atoms with Crippen molar-refractivity contribution in [3.8, 4) is 57.0 Å². The average molecular weight is 527 g/mol. The van der Waals surface area contributed by atoms with E-state index in [2.05, 4.69) is 24.3 Å². The molecule has 0 aliphatic rings. The summed E-state index contributed by atoms with van der Waals surface area (Å²) in [5.74, 6) is 2.91. The van der Waals surface area contributed by atoms with Gasteiger partial charge in [-0.3, -0.25) is 0 Å². The maximum absolute atomic E-state index is 9.62. The molecule has 0 unspecified atom stereocenters. The van der Waals surface area contributed by atoms with Crippen LogP contribution < -0.4 is 18.6 Å². The molecule has 0 saturated carbocycles. The molecule has 0 fully saturated rings. The van der Waals surface area contributed by atoms with Crippen molar-refractivity contribution >= 4 is 0 Å². The fourth-order valence-corrected chi connectivity index (χ4v) is 4.32. The second-order valence-electron chi connectivity index (χ2n) is 9.17. The van der Waals surface area contributed by atoms with Gasteiger partial charge in [0.2, 0.25) is 11.4 Å². The van der Waals surface area contributed by atoms with Gasteiger partial charge in [0, 0.05) is 60.7 Å². The van der Waals surface area contributed by atoms with Gasteiger partial charge in [0.1, 0.15) is 34.5 Å². The molecule has 6 heteroatoms. The number of hydrogen-bond donors (Lipinski definition) is 2. The number of aromatic nitrogens is 2. The van der Waals surface area contributed by atoms with Crippen LogP contribution in [0.1, 0.15) is 0 Å². The minimum Gasteiger partial charge on any atom is -0.508 e. The summed E-state index contributed by atoms with van der Waals surface area (Å²) in [6, 6.07) is 37.4. The van der Waals surface area contributed by atoms with E-state index < -0.39 is 0 Å². The quantitative estimate of drug-likeness (QED) is 0.222. The Morgan fingerprint density at radius 3 is 1.12 bits per heavy atom. The van der Waals surface area contributed by atoms with Crippen LogP contribution in [0.4, 0.5) is 0 Å². The molecule has 0 bridgehead atoms. The molecular formula is C34H26N2O4+2. The standard InChI is InChI=1S/C34H24N2O4/c37-29-3-1-5-33(23-29)39-31-11-7-27(8-12-31)35-19-15-25(16-20-35)26-17-21-36(22-18-26)28-9-13-32(14-10-28)40-34-6-2-4-30(38)24-34/h1-24H/p+2. The molecule has 6 aromatic rings. The van der Waals surface area contributed by atoms with Gasteiger partial charge < -0.3 is 19.7 Å². The zero-order chi connectivity index (χ0) is 27.3. The highest BCUT2D eigenvalue weighted by atomic mass is 16.5. The molecule has 0 atom stereocenters. The number of aromatic hydroxyl groups is 2. The van der Waals surface area contributed by atoms with Gasteiger partial charge in [0.15, 0.2) is 24.8 Å². The Labute approximate surface area is 231 Å². The topological polar surface area (TPSA) is 66.7 Å². The largest absolute Gasteiger partial charge is 0.508 e. The molecule has 0 aliphatic carbocycles. The van der Waals surface area contributed by atoms with Crippen molar-refractivity contribution < 1.29 is 28.8 Å². The van der Waals surface area contributed by atoms with Gasteiger partial charge >= 0.3 is 0 Å². The molecular weight excluding hydrogens is 500 g/mol. The molecule has 0 spiro atoms. The SMILES string of the molecule is Oc1cccc(Oc2ccc(-[n+]3ccc(-c4cc[n+](-c5ccc(Oc6cccc(O)c6)cc5)cc4)cc3)cc2)c1. The molecule has 194 valence electrons. The minimum atomic E-state index is 0.171. The van der Waals surface area contributed by atoms with E-state index in [4.69, 9.17) is 9.47 Å². The Balaban J connectivity index is 1.11. The Kier molecular flexibility index (Phi) is 6.80. The van der Waals surface area contributed by atoms with Crippen LogP contribution in [0.5, 0.6) is 34.5 Å². The van der Waals surface area contributed by atoms with Gasteiger partial charge in [-0.15, -0.1) is 0 Å². The van der Waals surface area contributed by atoms with E-state index in [9.17, 15) is 10.2 Å². The summed E-state index contributed by atoms with van der Waals surface area (Å²) < 4.78 is 15.7. The lowest BCUT2D eigenvalue weighted by molar-refractivity contribution is -0.596. The second-order valence-corrected chi connectivity index (χ2v) is 9.17. The van der Waals surface area contributed by atoms with Crippen molar-refractivity contribution in [1.82, 2.24) is 0 Å². The summed E-state index contributed by atoms with van der Waals surface area (Å²) in [5, 5.41) is 19.2. The Morgan fingerprint density at radius 2 is 0.775 bits per heavy atom. The van der Waals surface area contributed by atoms with Crippen molar-refractivity contribution in [3.63, 3.8) is 0 Å². The fraction of sp³-hybridized carbons (Fsp3) is 0. The smallest absolute Gasteiger partial charge is 0.210 e. The third-order valence-electron chi connectivity index (χ3n) is 6.37. The summed E-state index contributed by atoms with van der Waals surface area (Å²) in [6.07, 6.45) is 8.14. The maximum atomic E-state index is 9.62. The number of nitrogens with zero attached hydrogens (tertiary/aromatic N) is 2. The van der Waals surface area contributed by atoms with Crippen LogP contribution in [0.25, 0.3) is 22.5 Å². The van der Waals surface area contributed by atoms with E-state index in [0.717, 1.165) is 22.5 Å². The number of phenols is 2. The first-order chi connectivity index (χ1) is 19.6. The van der Waals surface area contributed by atoms with Crippen molar-refractivity contribution in [2.24, 2.45) is 0 Å². The summed E-state index contributed by atoms with van der Waals surface area (Å²) in [6.45, 7) is 0. The van der Waals surface area contributed by atoms with Crippen LogP contribution in [-0.2, 0) is 0 Å². The highest BCUT2D eigenvalue weighted by Crippen LogP contribution is 2.26. The van der Waals surface area contributed by atoms with Crippen LogP contribution in [0.3, 0.4) is 0 Å². The molecule has 0 radical (unpaired) electrons. The summed E-state index contributed by atoms with van der Waals surface area (Å²) >= 11 is 0. The number of rotatable bonds is 7.